The SMILES string of the molecule is Cc1nc(CN2CCCC2C2CCCCC2(C)O)oc1C. The van der Waals surface area contributed by atoms with Crippen molar-refractivity contribution in [2.24, 2.45) is 5.92 Å². The lowest BCUT2D eigenvalue weighted by Crippen LogP contribution is -2.48. The highest BCUT2D eigenvalue weighted by Gasteiger charge is 2.43. The summed E-state index contributed by atoms with van der Waals surface area (Å²) in [6.45, 7) is 7.88. The summed E-state index contributed by atoms with van der Waals surface area (Å²) in [6, 6.07) is 0.479. The van der Waals surface area contributed by atoms with Gasteiger partial charge >= 0.3 is 0 Å². The van der Waals surface area contributed by atoms with Gasteiger partial charge in [-0.05, 0) is 53.0 Å². The Kier molecular flexibility index (Phi) is 4.10. The van der Waals surface area contributed by atoms with E-state index in [1.165, 1.54) is 19.3 Å². The molecule has 1 aliphatic carbocycles. The fraction of sp³-hybridized carbons (Fsp3) is 0.824. The van der Waals surface area contributed by atoms with Crippen LogP contribution in [-0.2, 0) is 6.54 Å². The van der Waals surface area contributed by atoms with Crippen LogP contribution >= 0.6 is 0 Å². The van der Waals surface area contributed by atoms with Gasteiger partial charge in [0.15, 0.2) is 0 Å². The molecule has 1 aromatic rings. The molecule has 1 saturated carbocycles. The normalized spacial score (nSPS) is 34.5. The zero-order valence-corrected chi connectivity index (χ0v) is 13.6. The van der Waals surface area contributed by atoms with Crippen LogP contribution in [0.15, 0.2) is 4.42 Å². The molecule has 1 aromatic heterocycles. The van der Waals surface area contributed by atoms with Gasteiger partial charge in [-0.3, -0.25) is 4.90 Å². The van der Waals surface area contributed by atoms with Crippen LogP contribution in [-0.4, -0.2) is 33.2 Å². The second kappa shape index (κ2) is 5.73. The predicted molar refractivity (Wildman–Crippen MR) is 82.0 cm³/mol. The fourth-order valence-corrected chi connectivity index (χ4v) is 4.23. The largest absolute Gasteiger partial charge is 0.444 e. The van der Waals surface area contributed by atoms with Gasteiger partial charge in [0.1, 0.15) is 5.76 Å². The lowest BCUT2D eigenvalue weighted by molar-refractivity contribution is -0.0636. The number of nitrogens with zero attached hydrogens (tertiary/aromatic N) is 2. The first-order valence-electron chi connectivity index (χ1n) is 8.37. The van der Waals surface area contributed by atoms with Crippen molar-refractivity contribution < 1.29 is 9.52 Å². The zero-order valence-electron chi connectivity index (χ0n) is 13.6. The van der Waals surface area contributed by atoms with Crippen LogP contribution in [0.4, 0.5) is 0 Å². The Labute approximate surface area is 127 Å². The first-order valence-corrected chi connectivity index (χ1v) is 8.37. The number of aliphatic hydroxyl groups is 1. The number of hydrogen-bond acceptors (Lipinski definition) is 4. The van der Waals surface area contributed by atoms with Crippen molar-refractivity contribution in [3.63, 3.8) is 0 Å². The van der Waals surface area contributed by atoms with E-state index in [1.807, 2.05) is 20.8 Å². The van der Waals surface area contributed by atoms with Crippen LogP contribution < -0.4 is 0 Å². The molecule has 2 heterocycles. The van der Waals surface area contributed by atoms with Crippen LogP contribution in [0.3, 0.4) is 0 Å². The smallest absolute Gasteiger partial charge is 0.208 e. The molecule has 0 bridgehead atoms. The molecule has 2 fully saturated rings. The van der Waals surface area contributed by atoms with Gasteiger partial charge < -0.3 is 9.52 Å². The highest BCUT2D eigenvalue weighted by atomic mass is 16.4. The lowest BCUT2D eigenvalue weighted by Gasteiger charge is -2.43. The molecule has 3 atom stereocenters. The molecule has 1 N–H and O–H groups in total. The first kappa shape index (κ1) is 15.0. The Morgan fingerprint density at radius 1 is 1.29 bits per heavy atom. The van der Waals surface area contributed by atoms with Gasteiger partial charge in [-0.15, -0.1) is 0 Å². The van der Waals surface area contributed by atoms with E-state index in [0.29, 0.717) is 12.0 Å². The molecule has 3 unspecified atom stereocenters. The van der Waals surface area contributed by atoms with E-state index in [2.05, 4.69) is 9.88 Å². The molecule has 21 heavy (non-hydrogen) atoms. The maximum Gasteiger partial charge on any atom is 0.208 e. The lowest BCUT2D eigenvalue weighted by atomic mass is 9.72. The van der Waals surface area contributed by atoms with Crippen molar-refractivity contribution in [2.75, 3.05) is 6.54 Å². The van der Waals surface area contributed by atoms with Gasteiger partial charge in [-0.1, -0.05) is 12.8 Å². The summed E-state index contributed by atoms with van der Waals surface area (Å²) < 4.78 is 5.75. The maximum atomic E-state index is 10.8. The molecule has 0 aromatic carbocycles. The Morgan fingerprint density at radius 2 is 2.10 bits per heavy atom. The minimum absolute atomic E-state index is 0.394. The zero-order chi connectivity index (χ0) is 15.0. The second-order valence-corrected chi connectivity index (χ2v) is 7.14. The number of rotatable bonds is 3. The molecule has 1 saturated heterocycles. The third-order valence-corrected chi connectivity index (χ3v) is 5.54. The summed E-state index contributed by atoms with van der Waals surface area (Å²) in [5, 5.41) is 10.8. The van der Waals surface area contributed by atoms with E-state index in [9.17, 15) is 5.11 Å². The molecule has 4 nitrogen and oxygen atoms in total. The third kappa shape index (κ3) is 3.02. The minimum atomic E-state index is -0.506. The van der Waals surface area contributed by atoms with Gasteiger partial charge in [0.25, 0.3) is 0 Å². The molecule has 0 radical (unpaired) electrons. The quantitative estimate of drug-likeness (QED) is 0.929. The van der Waals surface area contributed by atoms with Crippen molar-refractivity contribution in [2.45, 2.75) is 77.5 Å². The average Bonchev–Trinajstić information content (AvgIpc) is 2.97. The Balaban J connectivity index is 1.73. The fourth-order valence-electron chi connectivity index (χ4n) is 4.23. The summed E-state index contributed by atoms with van der Waals surface area (Å²) in [4.78, 5) is 7.00. The maximum absolute atomic E-state index is 10.8. The van der Waals surface area contributed by atoms with Gasteiger partial charge in [0.2, 0.25) is 5.89 Å². The molecule has 118 valence electrons. The Morgan fingerprint density at radius 3 is 2.76 bits per heavy atom. The van der Waals surface area contributed by atoms with Gasteiger partial charge in [0.05, 0.1) is 17.8 Å². The average molecular weight is 292 g/mol. The van der Waals surface area contributed by atoms with E-state index >= 15 is 0 Å². The van der Waals surface area contributed by atoms with Crippen molar-refractivity contribution in [1.82, 2.24) is 9.88 Å². The van der Waals surface area contributed by atoms with Crippen LogP contribution in [0.25, 0.3) is 0 Å². The van der Waals surface area contributed by atoms with Crippen molar-refractivity contribution >= 4 is 0 Å². The van der Waals surface area contributed by atoms with Crippen LogP contribution in [0, 0.1) is 19.8 Å². The van der Waals surface area contributed by atoms with Gasteiger partial charge in [-0.25, -0.2) is 4.98 Å². The molecular weight excluding hydrogens is 264 g/mol. The molecule has 0 spiro atoms. The summed E-state index contributed by atoms with van der Waals surface area (Å²) >= 11 is 0. The van der Waals surface area contributed by atoms with E-state index < -0.39 is 5.60 Å². The number of oxazole rings is 1. The number of hydrogen-bond donors (Lipinski definition) is 1. The third-order valence-electron chi connectivity index (χ3n) is 5.54. The van der Waals surface area contributed by atoms with Crippen LogP contribution in [0.2, 0.25) is 0 Å². The number of likely N-dealkylation sites (tertiary alicyclic amines) is 1. The minimum Gasteiger partial charge on any atom is -0.444 e. The summed E-state index contributed by atoms with van der Waals surface area (Å²) in [5.41, 5.74) is 0.485. The number of aromatic nitrogens is 1. The van der Waals surface area contributed by atoms with E-state index in [0.717, 1.165) is 49.7 Å². The predicted octanol–water partition coefficient (Wildman–Crippen LogP) is 3.20. The summed E-state index contributed by atoms with van der Waals surface area (Å²) in [5.74, 6) is 2.14. The highest BCUT2D eigenvalue weighted by molar-refractivity contribution is 5.06. The standard InChI is InChI=1S/C17H28N2O2/c1-12-13(2)21-16(18-12)11-19-10-6-8-15(19)14-7-4-5-9-17(14,3)20/h14-15,20H,4-11H2,1-3H3. The van der Waals surface area contributed by atoms with E-state index in [4.69, 9.17) is 4.42 Å². The Hall–Kier alpha value is -0.870. The van der Waals surface area contributed by atoms with Crippen molar-refractivity contribution in [3.8, 4) is 0 Å². The number of aryl methyl sites for hydroxylation is 2. The molecule has 1 aliphatic heterocycles. The summed E-state index contributed by atoms with van der Waals surface area (Å²) in [7, 11) is 0. The molecular formula is C17H28N2O2. The van der Waals surface area contributed by atoms with Crippen LogP contribution in [0.5, 0.6) is 0 Å². The molecule has 0 amide bonds. The molecule has 4 heteroatoms. The molecule has 2 aliphatic rings. The van der Waals surface area contributed by atoms with Crippen LogP contribution in [0.1, 0.15) is 62.8 Å². The second-order valence-electron chi connectivity index (χ2n) is 7.14. The van der Waals surface area contributed by atoms with Crippen molar-refractivity contribution in [1.29, 1.82) is 0 Å². The van der Waals surface area contributed by atoms with Gasteiger partial charge in [-0.2, -0.15) is 0 Å². The summed E-state index contributed by atoms with van der Waals surface area (Å²) in [6.07, 6.45) is 6.92. The van der Waals surface area contributed by atoms with Crippen molar-refractivity contribution in [3.05, 3.63) is 17.3 Å². The highest BCUT2D eigenvalue weighted by Crippen LogP contribution is 2.41. The monoisotopic (exact) mass is 292 g/mol. The topological polar surface area (TPSA) is 49.5 Å². The van der Waals surface area contributed by atoms with Gasteiger partial charge in [0, 0.05) is 12.0 Å². The molecule has 3 rings (SSSR count). The van der Waals surface area contributed by atoms with E-state index in [-0.39, 0.29) is 0 Å². The Bertz CT molecular complexity index is 475. The van der Waals surface area contributed by atoms with E-state index in [1.54, 1.807) is 0 Å². The first-order chi connectivity index (χ1) is 9.97.